The molecule has 1 aliphatic rings. The molecular weight excluding hydrogens is 376 g/mol. The first-order valence-corrected chi connectivity index (χ1v) is 9.48. The number of anilines is 1. The van der Waals surface area contributed by atoms with E-state index in [-0.39, 0.29) is 17.2 Å². The molecule has 1 aliphatic heterocycles. The number of nitrogens with zero attached hydrogens (tertiary/aromatic N) is 1. The zero-order valence-corrected chi connectivity index (χ0v) is 16.6. The van der Waals surface area contributed by atoms with Crippen LogP contribution in [0.25, 0.3) is 6.08 Å². The molecule has 0 unspecified atom stereocenters. The van der Waals surface area contributed by atoms with Crippen LogP contribution in [0.15, 0.2) is 41.3 Å². The minimum Gasteiger partial charge on any atom is -0.507 e. The maximum Gasteiger partial charge on any atom is 0.294 e. The number of nitrogens with one attached hydrogen (secondary N) is 1. The van der Waals surface area contributed by atoms with Crippen LogP contribution in [0, 0.1) is 20.8 Å². The molecule has 2 N–H and O–H groups in total. The Bertz CT molecular complexity index is 1010. The molecule has 0 spiro atoms. The highest BCUT2D eigenvalue weighted by molar-refractivity contribution is 8.18. The summed E-state index contributed by atoms with van der Waals surface area (Å²) in [4.78, 5) is 38.1. The third kappa shape index (κ3) is 4.26. The number of hydrogen-bond donors (Lipinski definition) is 2. The summed E-state index contributed by atoms with van der Waals surface area (Å²) in [5.74, 6) is -0.985. The number of carbonyl (C=O) groups excluding carboxylic acids is 3. The zero-order valence-electron chi connectivity index (χ0n) is 15.8. The van der Waals surface area contributed by atoms with E-state index < -0.39 is 17.1 Å². The SMILES string of the molecule is Cc1ccc(O)c(/C=C2\SC(=O)N(CC(=O)Nc3ccc(C)c(C)c3)C2=O)c1. The molecule has 2 aromatic carbocycles. The molecule has 0 aliphatic carbocycles. The number of aromatic hydroxyl groups is 1. The van der Waals surface area contributed by atoms with Crippen molar-refractivity contribution in [3.05, 3.63) is 63.6 Å². The lowest BCUT2D eigenvalue weighted by Gasteiger charge is -2.13. The lowest BCUT2D eigenvalue weighted by Crippen LogP contribution is -2.36. The summed E-state index contributed by atoms with van der Waals surface area (Å²) < 4.78 is 0. The number of thioether (sulfide) groups is 1. The molecule has 7 heteroatoms. The van der Waals surface area contributed by atoms with Gasteiger partial charge >= 0.3 is 0 Å². The van der Waals surface area contributed by atoms with Gasteiger partial charge in [0.1, 0.15) is 12.3 Å². The maximum absolute atomic E-state index is 12.6. The Kier molecular flexibility index (Phi) is 5.56. The van der Waals surface area contributed by atoms with Gasteiger partial charge in [-0.3, -0.25) is 19.3 Å². The Morgan fingerprint density at radius 3 is 2.57 bits per heavy atom. The predicted octanol–water partition coefficient (Wildman–Crippen LogP) is 3.99. The van der Waals surface area contributed by atoms with Crippen LogP contribution in [-0.4, -0.2) is 33.6 Å². The first kappa shape index (κ1) is 19.7. The van der Waals surface area contributed by atoms with Crippen LogP contribution in [-0.2, 0) is 9.59 Å². The van der Waals surface area contributed by atoms with Gasteiger partial charge < -0.3 is 10.4 Å². The molecule has 3 rings (SSSR count). The topological polar surface area (TPSA) is 86.7 Å². The largest absolute Gasteiger partial charge is 0.507 e. The maximum atomic E-state index is 12.6. The van der Waals surface area contributed by atoms with Crippen LogP contribution in [0.5, 0.6) is 5.75 Å². The van der Waals surface area contributed by atoms with Crippen molar-refractivity contribution in [1.29, 1.82) is 0 Å². The van der Waals surface area contributed by atoms with Crippen LogP contribution in [0.4, 0.5) is 10.5 Å². The van der Waals surface area contributed by atoms with Gasteiger partial charge in [-0.25, -0.2) is 0 Å². The fourth-order valence-corrected chi connectivity index (χ4v) is 3.56. The van der Waals surface area contributed by atoms with Crippen molar-refractivity contribution in [1.82, 2.24) is 4.90 Å². The van der Waals surface area contributed by atoms with E-state index in [2.05, 4.69) is 5.32 Å². The number of amides is 3. The molecule has 2 aromatic rings. The quantitative estimate of drug-likeness (QED) is 0.763. The number of phenols is 1. The normalized spacial score (nSPS) is 15.4. The third-order valence-electron chi connectivity index (χ3n) is 4.44. The number of aryl methyl sites for hydroxylation is 3. The Morgan fingerprint density at radius 2 is 1.86 bits per heavy atom. The van der Waals surface area contributed by atoms with Crippen molar-refractivity contribution in [2.75, 3.05) is 11.9 Å². The lowest BCUT2D eigenvalue weighted by molar-refractivity contribution is -0.127. The highest BCUT2D eigenvalue weighted by Gasteiger charge is 2.36. The fraction of sp³-hybridized carbons (Fsp3) is 0.190. The average molecular weight is 396 g/mol. The van der Waals surface area contributed by atoms with Gasteiger partial charge in [0, 0.05) is 11.3 Å². The van der Waals surface area contributed by atoms with Crippen LogP contribution in [0.3, 0.4) is 0 Å². The standard InChI is InChI=1S/C21H20N2O4S/c1-12-4-7-17(24)15(8-12)10-18-20(26)23(21(27)28-18)11-19(25)22-16-6-5-13(2)14(3)9-16/h4-10,24H,11H2,1-3H3,(H,22,25)/b18-10-. The molecule has 1 heterocycles. The third-order valence-corrected chi connectivity index (χ3v) is 5.34. The van der Waals surface area contributed by atoms with Crippen LogP contribution >= 0.6 is 11.8 Å². The molecule has 144 valence electrons. The molecule has 6 nitrogen and oxygen atoms in total. The highest BCUT2D eigenvalue weighted by Crippen LogP contribution is 2.33. The van der Waals surface area contributed by atoms with E-state index >= 15 is 0 Å². The minimum atomic E-state index is -0.550. The van der Waals surface area contributed by atoms with E-state index in [0.717, 1.165) is 33.4 Å². The summed E-state index contributed by atoms with van der Waals surface area (Å²) in [5.41, 5.74) is 4.11. The molecular formula is C21H20N2O4S. The Morgan fingerprint density at radius 1 is 1.11 bits per heavy atom. The second kappa shape index (κ2) is 7.90. The van der Waals surface area contributed by atoms with Crippen molar-refractivity contribution in [2.24, 2.45) is 0 Å². The van der Waals surface area contributed by atoms with Crippen LogP contribution in [0.2, 0.25) is 0 Å². The minimum absolute atomic E-state index is 0.0184. The van der Waals surface area contributed by atoms with E-state index in [0.29, 0.717) is 11.3 Å². The Balaban J connectivity index is 1.72. The number of benzene rings is 2. The van der Waals surface area contributed by atoms with Crippen molar-refractivity contribution < 1.29 is 19.5 Å². The molecule has 1 saturated heterocycles. The van der Waals surface area contributed by atoms with E-state index in [9.17, 15) is 19.5 Å². The van der Waals surface area contributed by atoms with Crippen molar-refractivity contribution in [3.8, 4) is 5.75 Å². The number of rotatable bonds is 4. The van der Waals surface area contributed by atoms with E-state index in [1.807, 2.05) is 32.9 Å². The molecule has 3 amide bonds. The number of phenolic OH excluding ortho intramolecular Hbond substituents is 1. The summed E-state index contributed by atoms with van der Waals surface area (Å²) in [5, 5.41) is 12.1. The number of carbonyl (C=O) groups is 3. The summed E-state index contributed by atoms with van der Waals surface area (Å²) in [6.45, 7) is 5.40. The smallest absolute Gasteiger partial charge is 0.294 e. The summed E-state index contributed by atoms with van der Waals surface area (Å²) in [7, 11) is 0. The molecule has 0 aromatic heterocycles. The van der Waals surface area contributed by atoms with Gasteiger partial charge in [0.25, 0.3) is 11.1 Å². The van der Waals surface area contributed by atoms with E-state index in [4.69, 9.17) is 0 Å². The van der Waals surface area contributed by atoms with Gasteiger partial charge in [0.05, 0.1) is 4.91 Å². The van der Waals surface area contributed by atoms with Crippen molar-refractivity contribution >= 4 is 40.6 Å². The fourth-order valence-electron chi connectivity index (χ4n) is 2.73. The van der Waals surface area contributed by atoms with Gasteiger partial charge in [0.15, 0.2) is 0 Å². The van der Waals surface area contributed by atoms with Gasteiger partial charge in [-0.1, -0.05) is 17.7 Å². The molecule has 0 radical (unpaired) electrons. The first-order valence-electron chi connectivity index (χ1n) is 8.66. The number of hydrogen-bond acceptors (Lipinski definition) is 5. The molecule has 0 bridgehead atoms. The summed E-state index contributed by atoms with van der Waals surface area (Å²) in [6, 6.07) is 10.5. The van der Waals surface area contributed by atoms with Crippen LogP contribution in [0.1, 0.15) is 22.3 Å². The second-order valence-corrected chi connectivity index (χ2v) is 7.67. The molecule has 0 atom stereocenters. The van der Waals surface area contributed by atoms with Gasteiger partial charge in [-0.2, -0.15) is 0 Å². The average Bonchev–Trinajstić information content (AvgIpc) is 2.89. The molecule has 28 heavy (non-hydrogen) atoms. The van der Waals surface area contributed by atoms with Crippen molar-refractivity contribution in [3.63, 3.8) is 0 Å². The van der Waals surface area contributed by atoms with Crippen LogP contribution < -0.4 is 5.32 Å². The zero-order chi connectivity index (χ0) is 20.4. The van der Waals surface area contributed by atoms with Crippen molar-refractivity contribution in [2.45, 2.75) is 20.8 Å². The highest BCUT2D eigenvalue weighted by atomic mass is 32.2. The summed E-state index contributed by atoms with van der Waals surface area (Å²) in [6.07, 6.45) is 1.47. The first-order chi connectivity index (χ1) is 13.2. The van der Waals surface area contributed by atoms with Gasteiger partial charge in [0.2, 0.25) is 5.91 Å². The Labute approximate surface area is 167 Å². The Hall–Kier alpha value is -3.06. The molecule has 0 saturated carbocycles. The van der Waals surface area contributed by atoms with Gasteiger partial charge in [-0.15, -0.1) is 0 Å². The predicted molar refractivity (Wildman–Crippen MR) is 110 cm³/mol. The lowest BCUT2D eigenvalue weighted by atomic mass is 10.1. The van der Waals surface area contributed by atoms with E-state index in [1.54, 1.807) is 18.2 Å². The van der Waals surface area contributed by atoms with Gasteiger partial charge in [-0.05, 0) is 74.0 Å². The summed E-state index contributed by atoms with van der Waals surface area (Å²) >= 11 is 0.751. The number of imide groups is 1. The second-order valence-electron chi connectivity index (χ2n) is 6.68. The monoisotopic (exact) mass is 396 g/mol. The molecule has 1 fully saturated rings. The van der Waals surface area contributed by atoms with E-state index in [1.165, 1.54) is 12.1 Å².